The van der Waals surface area contributed by atoms with Gasteiger partial charge in [0.1, 0.15) is 0 Å². The van der Waals surface area contributed by atoms with Gasteiger partial charge in [-0.1, -0.05) is 0 Å². The van der Waals surface area contributed by atoms with Crippen LogP contribution in [0.15, 0.2) is 0 Å². The molecule has 2 N–H and O–H groups in total. The van der Waals surface area contributed by atoms with Crippen molar-refractivity contribution >= 4 is 16.3 Å². The van der Waals surface area contributed by atoms with Crippen LogP contribution < -0.4 is 5.73 Å². The molecule has 1 aromatic rings. The number of nitrogens with zero attached hydrogens (tertiary/aromatic N) is 1. The zero-order chi connectivity index (χ0) is 14.0. The summed E-state index contributed by atoms with van der Waals surface area (Å²) in [7, 11) is 0. The van der Waals surface area contributed by atoms with Crippen LogP contribution in [0.5, 0.6) is 0 Å². The Morgan fingerprint density at radius 3 is 2.84 bits per heavy atom. The van der Waals surface area contributed by atoms with Gasteiger partial charge in [0.25, 0.3) is 5.92 Å². The maximum absolute atomic E-state index is 13.1. The van der Waals surface area contributed by atoms with E-state index in [0.717, 1.165) is 28.8 Å². The van der Waals surface area contributed by atoms with Crippen molar-refractivity contribution in [2.75, 3.05) is 25.4 Å². The summed E-state index contributed by atoms with van der Waals surface area (Å²) in [5.41, 5.74) is 8.28. The summed E-state index contributed by atoms with van der Waals surface area (Å²) in [6.07, 6.45) is 0.779. The second-order valence-corrected chi connectivity index (χ2v) is 6.15. The molecule has 6 heteroatoms. The average molecular weight is 290 g/mol. The van der Waals surface area contributed by atoms with Gasteiger partial charge < -0.3 is 10.5 Å². The van der Waals surface area contributed by atoms with E-state index in [1.807, 2.05) is 6.92 Å². The Balaban J connectivity index is 2.10. The number of nitrogen functional groups attached to an aromatic ring is 1. The predicted octanol–water partition coefficient (Wildman–Crippen LogP) is 2.88. The van der Waals surface area contributed by atoms with E-state index < -0.39 is 5.92 Å². The molecule has 0 saturated heterocycles. The fraction of sp³-hybridized carbons (Fsp3) is 0.692. The molecule has 1 aliphatic rings. The molecule has 108 valence electrons. The van der Waals surface area contributed by atoms with Gasteiger partial charge in [0.15, 0.2) is 0 Å². The summed E-state index contributed by atoms with van der Waals surface area (Å²) in [6, 6.07) is 0. The molecule has 0 fully saturated rings. The standard InChI is InChI=1S/C13H20F2N2OS/c1-3-18-7-10-9-4-5-17(8-13(2,14)15)6-11(9)19-12(10)16/h3-8,16H2,1-2H3. The monoisotopic (exact) mass is 290 g/mol. The lowest BCUT2D eigenvalue weighted by molar-refractivity contribution is -0.0176. The Hall–Kier alpha value is -0.720. The number of ether oxygens (including phenoxy) is 1. The molecule has 0 bridgehead atoms. The third-order valence-corrected chi connectivity index (χ3v) is 4.32. The lowest BCUT2D eigenvalue weighted by atomic mass is 10.0. The molecule has 2 heterocycles. The van der Waals surface area contributed by atoms with Crippen molar-refractivity contribution in [3.8, 4) is 0 Å². The van der Waals surface area contributed by atoms with Crippen LogP contribution in [0.2, 0.25) is 0 Å². The number of rotatable bonds is 5. The summed E-state index contributed by atoms with van der Waals surface area (Å²) >= 11 is 1.51. The van der Waals surface area contributed by atoms with Crippen LogP contribution in [0.25, 0.3) is 0 Å². The molecule has 0 radical (unpaired) electrons. The van der Waals surface area contributed by atoms with E-state index >= 15 is 0 Å². The summed E-state index contributed by atoms with van der Waals surface area (Å²) in [4.78, 5) is 2.91. The Labute approximate surface area is 116 Å². The first-order valence-electron chi connectivity index (χ1n) is 6.47. The number of hydrogen-bond acceptors (Lipinski definition) is 4. The molecular formula is C13H20F2N2OS. The van der Waals surface area contributed by atoms with Gasteiger partial charge >= 0.3 is 0 Å². The molecule has 0 aromatic carbocycles. The average Bonchev–Trinajstić information content (AvgIpc) is 2.59. The maximum Gasteiger partial charge on any atom is 0.257 e. The highest BCUT2D eigenvalue weighted by molar-refractivity contribution is 7.16. The van der Waals surface area contributed by atoms with Gasteiger partial charge in [-0.3, -0.25) is 4.90 Å². The highest BCUT2D eigenvalue weighted by atomic mass is 32.1. The zero-order valence-electron chi connectivity index (χ0n) is 11.3. The Kier molecular flexibility index (Phi) is 4.43. The molecular weight excluding hydrogens is 270 g/mol. The van der Waals surface area contributed by atoms with E-state index in [-0.39, 0.29) is 6.54 Å². The van der Waals surface area contributed by atoms with E-state index in [0.29, 0.717) is 26.3 Å². The van der Waals surface area contributed by atoms with Crippen molar-refractivity contribution in [2.24, 2.45) is 0 Å². The van der Waals surface area contributed by atoms with Gasteiger partial charge in [-0.2, -0.15) is 0 Å². The first-order valence-corrected chi connectivity index (χ1v) is 7.29. The minimum atomic E-state index is -2.64. The number of thiophene rings is 1. The second-order valence-electron chi connectivity index (χ2n) is 5.01. The SMILES string of the molecule is CCOCc1c(N)sc2c1CCN(CC(C)(F)F)C2. The fourth-order valence-corrected chi connectivity index (χ4v) is 3.60. The van der Waals surface area contributed by atoms with E-state index in [4.69, 9.17) is 10.5 Å². The molecule has 1 aliphatic heterocycles. The smallest absolute Gasteiger partial charge is 0.257 e. The number of nitrogens with two attached hydrogens (primary N) is 1. The first-order chi connectivity index (χ1) is 8.90. The summed E-state index contributed by atoms with van der Waals surface area (Å²) < 4.78 is 31.5. The Morgan fingerprint density at radius 2 is 2.21 bits per heavy atom. The van der Waals surface area contributed by atoms with Crippen molar-refractivity contribution in [1.29, 1.82) is 0 Å². The molecule has 0 spiro atoms. The highest BCUT2D eigenvalue weighted by Crippen LogP contribution is 2.36. The number of halogens is 2. The van der Waals surface area contributed by atoms with E-state index in [1.54, 1.807) is 4.90 Å². The maximum atomic E-state index is 13.1. The summed E-state index contributed by atoms with van der Waals surface area (Å²) in [5.74, 6) is -2.64. The molecule has 0 amide bonds. The molecule has 0 saturated carbocycles. The zero-order valence-corrected chi connectivity index (χ0v) is 12.2. The van der Waals surface area contributed by atoms with Crippen molar-refractivity contribution < 1.29 is 13.5 Å². The van der Waals surface area contributed by atoms with Crippen molar-refractivity contribution in [3.63, 3.8) is 0 Å². The van der Waals surface area contributed by atoms with Gasteiger partial charge in [0.05, 0.1) is 18.2 Å². The fourth-order valence-electron chi connectivity index (χ4n) is 2.43. The van der Waals surface area contributed by atoms with Crippen LogP contribution in [0.1, 0.15) is 29.9 Å². The molecule has 0 atom stereocenters. The van der Waals surface area contributed by atoms with E-state index in [1.165, 1.54) is 16.9 Å². The molecule has 2 rings (SSSR count). The normalized spacial score (nSPS) is 16.6. The quantitative estimate of drug-likeness (QED) is 0.906. The number of fused-ring (bicyclic) bond motifs is 1. The van der Waals surface area contributed by atoms with Crippen LogP contribution in [-0.2, 0) is 24.3 Å². The molecule has 0 aliphatic carbocycles. The first kappa shape index (κ1) is 14.7. The second kappa shape index (κ2) is 5.73. The van der Waals surface area contributed by atoms with Crippen LogP contribution in [-0.4, -0.2) is 30.5 Å². The third-order valence-electron chi connectivity index (χ3n) is 3.23. The van der Waals surface area contributed by atoms with Gasteiger partial charge in [-0.05, 0) is 18.9 Å². The minimum Gasteiger partial charge on any atom is -0.390 e. The van der Waals surface area contributed by atoms with Crippen LogP contribution in [0.3, 0.4) is 0 Å². The number of anilines is 1. The van der Waals surface area contributed by atoms with Gasteiger partial charge in [-0.15, -0.1) is 11.3 Å². The lowest BCUT2D eigenvalue weighted by Crippen LogP contribution is -2.38. The van der Waals surface area contributed by atoms with Gasteiger partial charge in [0.2, 0.25) is 0 Å². The Morgan fingerprint density at radius 1 is 1.47 bits per heavy atom. The molecule has 3 nitrogen and oxygen atoms in total. The largest absolute Gasteiger partial charge is 0.390 e. The highest BCUT2D eigenvalue weighted by Gasteiger charge is 2.29. The Bertz CT molecular complexity index is 443. The van der Waals surface area contributed by atoms with Crippen molar-refractivity contribution in [3.05, 3.63) is 16.0 Å². The van der Waals surface area contributed by atoms with E-state index in [2.05, 4.69) is 0 Å². The van der Waals surface area contributed by atoms with Gasteiger partial charge in [0, 0.05) is 37.1 Å². The summed E-state index contributed by atoms with van der Waals surface area (Å²) in [6.45, 7) is 5.12. The lowest BCUT2D eigenvalue weighted by Gasteiger charge is -2.29. The van der Waals surface area contributed by atoms with Gasteiger partial charge in [-0.25, -0.2) is 8.78 Å². The molecule has 0 unspecified atom stereocenters. The number of alkyl halides is 2. The minimum absolute atomic E-state index is 0.189. The molecule has 19 heavy (non-hydrogen) atoms. The van der Waals surface area contributed by atoms with Crippen LogP contribution in [0, 0.1) is 0 Å². The van der Waals surface area contributed by atoms with Crippen molar-refractivity contribution in [1.82, 2.24) is 4.90 Å². The van der Waals surface area contributed by atoms with E-state index in [9.17, 15) is 8.78 Å². The number of hydrogen-bond donors (Lipinski definition) is 1. The predicted molar refractivity (Wildman–Crippen MR) is 73.7 cm³/mol. The van der Waals surface area contributed by atoms with Crippen LogP contribution in [0.4, 0.5) is 13.8 Å². The summed E-state index contributed by atoms with van der Waals surface area (Å²) in [5, 5.41) is 0.767. The topological polar surface area (TPSA) is 38.5 Å². The third kappa shape index (κ3) is 3.64. The molecule has 1 aromatic heterocycles. The van der Waals surface area contributed by atoms with Crippen molar-refractivity contribution in [2.45, 2.75) is 39.3 Å². The van der Waals surface area contributed by atoms with Crippen LogP contribution >= 0.6 is 11.3 Å².